The molecule has 0 aliphatic carbocycles. The Labute approximate surface area is 53.1 Å². The molecule has 0 aliphatic heterocycles. The van der Waals surface area contributed by atoms with Crippen LogP contribution >= 0.6 is 7.82 Å². The molecule has 9 heavy (non-hydrogen) atoms. The molecule has 0 heterocycles. The summed E-state index contributed by atoms with van der Waals surface area (Å²) in [6, 6.07) is 0. The topological polar surface area (TPSA) is 92.8 Å². The lowest BCUT2D eigenvalue weighted by atomic mass is 10.5. The van der Waals surface area contributed by atoms with Crippen LogP contribution < -0.4 is 5.73 Å². The quantitative estimate of drug-likeness (QED) is 0.374. The average Bonchev–Trinajstić information content (AvgIpc) is 1.63. The number of rotatable bonds is 4. The Morgan fingerprint density at radius 2 is 2.11 bits per heavy atom. The smallest absolute Gasteiger partial charge is 0.330 e. The van der Waals surface area contributed by atoms with Crippen molar-refractivity contribution in [2.45, 2.75) is 6.42 Å². The van der Waals surface area contributed by atoms with E-state index in [4.69, 9.17) is 15.5 Å². The van der Waals surface area contributed by atoms with Crippen LogP contribution in [0.5, 0.6) is 0 Å². The van der Waals surface area contributed by atoms with Crippen molar-refractivity contribution in [1.29, 1.82) is 0 Å². The molecule has 0 aliphatic rings. The molecule has 0 unspecified atom stereocenters. The Kier molecular flexibility index (Phi) is 4.01. The second kappa shape index (κ2) is 3.98. The van der Waals surface area contributed by atoms with Gasteiger partial charge in [0.1, 0.15) is 0 Å². The molecular formula is C3H10NO4P. The summed E-state index contributed by atoms with van der Waals surface area (Å²) in [5.74, 6) is 0. The van der Waals surface area contributed by atoms with Crippen LogP contribution in [0.25, 0.3) is 0 Å². The average molecular weight is 155 g/mol. The summed E-state index contributed by atoms with van der Waals surface area (Å²) in [7, 11) is -4.25. The van der Waals surface area contributed by atoms with Gasteiger partial charge in [0.2, 0.25) is 0 Å². The largest absolute Gasteiger partial charge is 0.469 e. The highest BCUT2D eigenvalue weighted by Gasteiger charge is 2.11. The van der Waals surface area contributed by atoms with E-state index in [0.29, 0.717) is 13.0 Å². The maximum absolute atomic E-state index is 9.94. The van der Waals surface area contributed by atoms with Gasteiger partial charge < -0.3 is 15.5 Å². The zero-order valence-corrected chi connectivity index (χ0v) is 5.75. The van der Waals surface area contributed by atoms with Crippen LogP contribution in [0.1, 0.15) is 6.42 Å². The van der Waals surface area contributed by atoms with Crippen molar-refractivity contribution in [2.75, 3.05) is 13.2 Å². The standard InChI is InChI=1S/C3H10NO4P/c4-2-1-3-8-9(5,6)7/h1-4H2,(H2,5,6,7). The highest BCUT2D eigenvalue weighted by atomic mass is 31.2. The van der Waals surface area contributed by atoms with Gasteiger partial charge in [0.05, 0.1) is 6.61 Å². The summed E-state index contributed by atoms with van der Waals surface area (Å²) in [4.78, 5) is 16.2. The minimum absolute atomic E-state index is 0.0147. The number of phosphoric acid groups is 1. The van der Waals surface area contributed by atoms with Crippen LogP contribution in [0, 0.1) is 0 Å². The first-order chi connectivity index (χ1) is 4.06. The van der Waals surface area contributed by atoms with Gasteiger partial charge in [0, 0.05) is 0 Å². The summed E-state index contributed by atoms with van der Waals surface area (Å²) in [6.45, 7) is 0.390. The molecule has 0 radical (unpaired) electrons. The second-order valence-corrected chi connectivity index (χ2v) is 2.71. The lowest BCUT2D eigenvalue weighted by molar-refractivity contribution is 0.196. The van der Waals surface area contributed by atoms with Crippen molar-refractivity contribution in [3.8, 4) is 0 Å². The van der Waals surface area contributed by atoms with E-state index in [-0.39, 0.29) is 6.61 Å². The first kappa shape index (κ1) is 9.07. The highest BCUT2D eigenvalue weighted by molar-refractivity contribution is 7.46. The molecule has 0 aromatic carbocycles. The predicted octanol–water partition coefficient (Wildman–Crippen LogP) is -0.555. The van der Waals surface area contributed by atoms with Gasteiger partial charge in [-0.05, 0) is 13.0 Å². The normalized spacial score (nSPS) is 11.9. The Morgan fingerprint density at radius 3 is 2.44 bits per heavy atom. The van der Waals surface area contributed by atoms with E-state index in [9.17, 15) is 4.57 Å². The molecular weight excluding hydrogens is 145 g/mol. The molecule has 0 saturated carbocycles. The molecule has 0 aromatic rings. The van der Waals surface area contributed by atoms with Crippen LogP contribution in [0.4, 0.5) is 0 Å². The lowest BCUT2D eigenvalue weighted by Gasteiger charge is -2.02. The van der Waals surface area contributed by atoms with Crippen molar-refractivity contribution < 1.29 is 18.9 Å². The minimum atomic E-state index is -4.25. The third kappa shape index (κ3) is 8.07. The molecule has 0 saturated heterocycles. The fourth-order valence-electron chi connectivity index (χ4n) is 0.267. The molecule has 5 nitrogen and oxygen atoms in total. The monoisotopic (exact) mass is 155 g/mol. The Balaban J connectivity index is 3.18. The molecule has 6 heteroatoms. The van der Waals surface area contributed by atoms with Crippen molar-refractivity contribution in [3.63, 3.8) is 0 Å². The van der Waals surface area contributed by atoms with Gasteiger partial charge in [-0.3, -0.25) is 4.52 Å². The number of phosphoric ester groups is 1. The summed E-state index contributed by atoms with van der Waals surface area (Å²) in [5.41, 5.74) is 5.02. The number of hydrogen-bond acceptors (Lipinski definition) is 3. The molecule has 0 fully saturated rings. The summed E-state index contributed by atoms with van der Waals surface area (Å²) >= 11 is 0. The first-order valence-electron chi connectivity index (χ1n) is 2.46. The van der Waals surface area contributed by atoms with Crippen LogP contribution in [-0.4, -0.2) is 22.9 Å². The Bertz CT molecular complexity index is 110. The third-order valence-corrected chi connectivity index (χ3v) is 1.13. The highest BCUT2D eigenvalue weighted by Crippen LogP contribution is 2.35. The van der Waals surface area contributed by atoms with E-state index >= 15 is 0 Å². The maximum atomic E-state index is 9.94. The molecule has 56 valence electrons. The van der Waals surface area contributed by atoms with Gasteiger partial charge >= 0.3 is 7.82 Å². The van der Waals surface area contributed by atoms with E-state index < -0.39 is 7.82 Å². The summed E-state index contributed by atoms with van der Waals surface area (Å²) < 4.78 is 14.0. The zero-order valence-electron chi connectivity index (χ0n) is 4.86. The van der Waals surface area contributed by atoms with Gasteiger partial charge in [-0.2, -0.15) is 0 Å². The fraction of sp³-hybridized carbons (Fsp3) is 1.00. The van der Waals surface area contributed by atoms with Crippen molar-refractivity contribution in [1.82, 2.24) is 0 Å². The number of hydrogen-bond donors (Lipinski definition) is 3. The molecule has 4 N–H and O–H groups in total. The van der Waals surface area contributed by atoms with E-state index in [1.165, 1.54) is 0 Å². The van der Waals surface area contributed by atoms with E-state index in [2.05, 4.69) is 4.52 Å². The van der Waals surface area contributed by atoms with Gasteiger partial charge in [-0.25, -0.2) is 4.57 Å². The third-order valence-electron chi connectivity index (χ3n) is 0.608. The lowest BCUT2D eigenvalue weighted by Crippen LogP contribution is -2.02. The molecule has 0 atom stereocenters. The van der Waals surface area contributed by atoms with E-state index in [1.54, 1.807) is 0 Å². The van der Waals surface area contributed by atoms with Crippen LogP contribution in [0.15, 0.2) is 0 Å². The van der Waals surface area contributed by atoms with Crippen molar-refractivity contribution in [3.05, 3.63) is 0 Å². The number of nitrogens with two attached hydrogens (primary N) is 1. The Hall–Kier alpha value is 0.0700. The molecule has 0 rings (SSSR count). The summed E-state index contributed by atoms with van der Waals surface area (Å²) in [6.07, 6.45) is 0.463. The predicted molar refractivity (Wildman–Crippen MR) is 31.7 cm³/mol. The molecule has 0 aromatic heterocycles. The maximum Gasteiger partial charge on any atom is 0.469 e. The second-order valence-electron chi connectivity index (χ2n) is 1.47. The van der Waals surface area contributed by atoms with Crippen LogP contribution in [0.2, 0.25) is 0 Å². The van der Waals surface area contributed by atoms with Crippen LogP contribution in [-0.2, 0) is 9.09 Å². The first-order valence-corrected chi connectivity index (χ1v) is 3.99. The Morgan fingerprint density at radius 1 is 1.56 bits per heavy atom. The van der Waals surface area contributed by atoms with Crippen molar-refractivity contribution >= 4 is 7.82 Å². The van der Waals surface area contributed by atoms with Gasteiger partial charge in [-0.1, -0.05) is 0 Å². The zero-order chi connectivity index (χ0) is 7.33. The fourth-order valence-corrected chi connectivity index (χ4v) is 0.634. The molecule has 0 amide bonds. The van der Waals surface area contributed by atoms with Gasteiger partial charge in [-0.15, -0.1) is 0 Å². The minimum Gasteiger partial charge on any atom is -0.330 e. The molecule has 0 spiro atoms. The van der Waals surface area contributed by atoms with E-state index in [1.807, 2.05) is 0 Å². The van der Waals surface area contributed by atoms with Crippen molar-refractivity contribution in [2.24, 2.45) is 5.73 Å². The summed E-state index contributed by atoms with van der Waals surface area (Å²) in [5, 5.41) is 0. The van der Waals surface area contributed by atoms with Gasteiger partial charge in [0.25, 0.3) is 0 Å². The van der Waals surface area contributed by atoms with E-state index in [0.717, 1.165) is 0 Å². The molecule has 0 bridgehead atoms. The van der Waals surface area contributed by atoms with Gasteiger partial charge in [0.15, 0.2) is 0 Å². The SMILES string of the molecule is NCCCOP(=O)(O)O. The van der Waals surface area contributed by atoms with Crippen LogP contribution in [0.3, 0.4) is 0 Å².